The van der Waals surface area contributed by atoms with Crippen LogP contribution in [0.4, 0.5) is 5.69 Å². The number of benzene rings is 2. The number of rotatable bonds is 6. The third-order valence-corrected chi connectivity index (χ3v) is 5.95. The molecule has 6 heteroatoms. The van der Waals surface area contributed by atoms with Crippen molar-refractivity contribution in [1.82, 2.24) is 4.90 Å². The van der Waals surface area contributed by atoms with Crippen molar-refractivity contribution in [3.63, 3.8) is 0 Å². The van der Waals surface area contributed by atoms with Crippen molar-refractivity contribution in [2.75, 3.05) is 32.6 Å². The highest BCUT2D eigenvalue weighted by Crippen LogP contribution is 2.34. The minimum Gasteiger partial charge on any atom is -0.493 e. The van der Waals surface area contributed by atoms with Crippen molar-refractivity contribution < 1.29 is 19.1 Å². The van der Waals surface area contributed by atoms with E-state index in [2.05, 4.69) is 24.4 Å². The molecule has 0 aliphatic carbocycles. The predicted molar refractivity (Wildman–Crippen MR) is 128 cm³/mol. The minimum absolute atomic E-state index is 0.116. The van der Waals surface area contributed by atoms with E-state index in [1.807, 2.05) is 18.7 Å². The van der Waals surface area contributed by atoms with Crippen LogP contribution in [0, 0.1) is 20.8 Å². The fourth-order valence-corrected chi connectivity index (χ4v) is 3.93. The molecule has 2 amide bonds. The first-order valence-corrected chi connectivity index (χ1v) is 11.0. The van der Waals surface area contributed by atoms with E-state index in [0.29, 0.717) is 35.8 Å². The molecule has 0 bridgehead atoms. The van der Waals surface area contributed by atoms with Crippen molar-refractivity contribution >= 4 is 23.6 Å². The topological polar surface area (TPSA) is 67.9 Å². The number of methoxy groups -OCH3 is 2. The maximum Gasteiger partial charge on any atom is 0.256 e. The molecule has 1 saturated heterocycles. The van der Waals surface area contributed by atoms with Gasteiger partial charge in [0.05, 0.1) is 25.5 Å². The van der Waals surface area contributed by atoms with Gasteiger partial charge in [-0.1, -0.05) is 12.1 Å². The number of carbonyl (C=O) groups excluding carboxylic acids is 2. The summed E-state index contributed by atoms with van der Waals surface area (Å²) in [5.74, 6) is 0.469. The Morgan fingerprint density at radius 3 is 2.16 bits per heavy atom. The Balaban J connectivity index is 1.89. The van der Waals surface area contributed by atoms with E-state index in [1.54, 1.807) is 18.2 Å². The molecule has 32 heavy (non-hydrogen) atoms. The van der Waals surface area contributed by atoms with E-state index in [0.717, 1.165) is 30.4 Å². The van der Waals surface area contributed by atoms with Crippen molar-refractivity contribution in [1.29, 1.82) is 0 Å². The van der Waals surface area contributed by atoms with Crippen LogP contribution in [-0.2, 0) is 4.79 Å². The number of hydrogen-bond acceptors (Lipinski definition) is 4. The average molecular weight is 437 g/mol. The summed E-state index contributed by atoms with van der Waals surface area (Å²) >= 11 is 0. The third kappa shape index (κ3) is 5.31. The van der Waals surface area contributed by atoms with Gasteiger partial charge in [-0.2, -0.15) is 0 Å². The van der Waals surface area contributed by atoms with Crippen molar-refractivity contribution in [3.05, 3.63) is 58.2 Å². The normalized spacial score (nSPS) is 13.8. The largest absolute Gasteiger partial charge is 0.493 e. The quantitative estimate of drug-likeness (QED) is 0.654. The van der Waals surface area contributed by atoms with E-state index in [9.17, 15) is 9.59 Å². The van der Waals surface area contributed by atoms with Gasteiger partial charge in [0, 0.05) is 25.2 Å². The zero-order valence-electron chi connectivity index (χ0n) is 19.6. The lowest BCUT2D eigenvalue weighted by Gasteiger charge is -2.28. The van der Waals surface area contributed by atoms with Gasteiger partial charge in [-0.05, 0) is 74.4 Å². The lowest BCUT2D eigenvalue weighted by molar-refractivity contribution is -0.111. The van der Waals surface area contributed by atoms with E-state index in [4.69, 9.17) is 9.47 Å². The predicted octanol–water partition coefficient (Wildman–Crippen LogP) is 4.91. The standard InChI is InChI=1S/C26H32N2O4/c1-17-13-19(3)20(14-18(17)2)9-10-25(29)27-22-16-24(32-5)23(31-4)15-21(22)26(30)28-11-7-6-8-12-28/h9-10,13-16H,6-8,11-12H2,1-5H3,(H,27,29)/b10-9+. The lowest BCUT2D eigenvalue weighted by Crippen LogP contribution is -2.36. The maximum atomic E-state index is 13.2. The van der Waals surface area contributed by atoms with Gasteiger partial charge >= 0.3 is 0 Å². The summed E-state index contributed by atoms with van der Waals surface area (Å²) in [4.78, 5) is 27.8. The van der Waals surface area contributed by atoms with Gasteiger partial charge in [0.15, 0.2) is 11.5 Å². The number of piperidine rings is 1. The molecule has 1 fully saturated rings. The van der Waals surface area contributed by atoms with Crippen LogP contribution in [-0.4, -0.2) is 44.0 Å². The van der Waals surface area contributed by atoms with Crippen molar-refractivity contribution in [3.8, 4) is 11.5 Å². The number of likely N-dealkylation sites (tertiary alicyclic amines) is 1. The van der Waals surface area contributed by atoms with Crippen molar-refractivity contribution in [2.45, 2.75) is 40.0 Å². The van der Waals surface area contributed by atoms with Crippen LogP contribution >= 0.6 is 0 Å². The Hall–Kier alpha value is -3.28. The molecule has 0 unspecified atom stereocenters. The second-order valence-electron chi connectivity index (χ2n) is 8.22. The monoisotopic (exact) mass is 436 g/mol. The van der Waals surface area contributed by atoms with Gasteiger partial charge in [0.1, 0.15) is 0 Å². The first kappa shape index (κ1) is 23.4. The number of nitrogens with zero attached hydrogens (tertiary/aromatic N) is 1. The number of ether oxygens (including phenoxy) is 2. The Kier molecular flexibility index (Phi) is 7.57. The zero-order chi connectivity index (χ0) is 23.3. The van der Waals surface area contributed by atoms with E-state index in [1.165, 1.54) is 31.4 Å². The van der Waals surface area contributed by atoms with Crippen LogP contribution in [0.2, 0.25) is 0 Å². The molecule has 2 aromatic rings. The second-order valence-corrected chi connectivity index (χ2v) is 8.22. The van der Waals surface area contributed by atoms with Crippen LogP contribution in [0.1, 0.15) is 51.9 Å². The Labute approximate surface area is 190 Å². The molecule has 1 heterocycles. The highest BCUT2D eigenvalue weighted by atomic mass is 16.5. The number of hydrogen-bond donors (Lipinski definition) is 1. The Morgan fingerprint density at radius 1 is 0.875 bits per heavy atom. The van der Waals surface area contributed by atoms with Gasteiger partial charge in [-0.3, -0.25) is 9.59 Å². The summed E-state index contributed by atoms with van der Waals surface area (Å²) in [6, 6.07) is 7.46. The van der Waals surface area contributed by atoms with Crippen LogP contribution in [0.5, 0.6) is 11.5 Å². The van der Waals surface area contributed by atoms with Gasteiger partial charge in [0.2, 0.25) is 5.91 Å². The maximum absolute atomic E-state index is 13.2. The first-order valence-electron chi connectivity index (χ1n) is 11.0. The smallest absolute Gasteiger partial charge is 0.256 e. The van der Waals surface area contributed by atoms with Crippen LogP contribution < -0.4 is 14.8 Å². The zero-order valence-corrected chi connectivity index (χ0v) is 19.6. The van der Waals surface area contributed by atoms with Crippen molar-refractivity contribution in [2.24, 2.45) is 0 Å². The summed E-state index contributed by atoms with van der Waals surface area (Å²) in [6.07, 6.45) is 6.38. The van der Waals surface area contributed by atoms with Crippen LogP contribution in [0.3, 0.4) is 0 Å². The number of nitrogens with one attached hydrogen (secondary N) is 1. The fraction of sp³-hybridized carbons (Fsp3) is 0.385. The summed E-state index contributed by atoms with van der Waals surface area (Å²) in [5, 5.41) is 2.86. The first-order chi connectivity index (χ1) is 15.3. The minimum atomic E-state index is -0.317. The summed E-state index contributed by atoms with van der Waals surface area (Å²) in [7, 11) is 3.05. The van der Waals surface area contributed by atoms with Gasteiger partial charge in [-0.15, -0.1) is 0 Å². The SMILES string of the molecule is COc1cc(NC(=O)/C=C/c2cc(C)c(C)cc2C)c(C(=O)N2CCCCC2)cc1OC. The lowest BCUT2D eigenvalue weighted by atomic mass is 10.0. The Bertz CT molecular complexity index is 1040. The molecule has 170 valence electrons. The molecule has 0 radical (unpaired) electrons. The molecular weight excluding hydrogens is 404 g/mol. The van der Waals surface area contributed by atoms with E-state index < -0.39 is 0 Å². The number of carbonyl (C=O) groups is 2. The molecule has 0 atom stereocenters. The molecule has 0 aromatic heterocycles. The second kappa shape index (κ2) is 10.4. The van der Waals surface area contributed by atoms with Crippen LogP contribution in [0.15, 0.2) is 30.3 Å². The van der Waals surface area contributed by atoms with Gasteiger partial charge < -0.3 is 19.7 Å². The summed E-state index contributed by atoms with van der Waals surface area (Å²) in [6.45, 7) is 7.57. The molecule has 0 spiro atoms. The average Bonchev–Trinajstić information content (AvgIpc) is 2.80. The molecule has 6 nitrogen and oxygen atoms in total. The third-order valence-electron chi connectivity index (χ3n) is 5.95. The fourth-order valence-electron chi connectivity index (χ4n) is 3.93. The summed E-state index contributed by atoms with van der Waals surface area (Å²) in [5.41, 5.74) is 5.28. The molecule has 3 rings (SSSR count). The number of aryl methyl sites for hydroxylation is 3. The van der Waals surface area contributed by atoms with Gasteiger partial charge in [-0.25, -0.2) is 0 Å². The molecule has 1 N–H and O–H groups in total. The molecular formula is C26H32N2O4. The molecule has 2 aromatic carbocycles. The van der Waals surface area contributed by atoms with E-state index >= 15 is 0 Å². The molecule has 0 saturated carbocycles. The van der Waals surface area contributed by atoms with Crippen LogP contribution in [0.25, 0.3) is 6.08 Å². The molecule has 1 aliphatic heterocycles. The highest BCUT2D eigenvalue weighted by molar-refractivity contribution is 6.08. The molecule has 1 aliphatic rings. The number of amides is 2. The summed E-state index contributed by atoms with van der Waals surface area (Å²) < 4.78 is 10.8. The highest BCUT2D eigenvalue weighted by Gasteiger charge is 2.24. The van der Waals surface area contributed by atoms with E-state index in [-0.39, 0.29) is 11.8 Å². The number of anilines is 1. The van der Waals surface area contributed by atoms with Gasteiger partial charge in [0.25, 0.3) is 5.91 Å². The Morgan fingerprint density at radius 2 is 1.50 bits per heavy atom.